The van der Waals surface area contributed by atoms with Crippen molar-refractivity contribution in [3.05, 3.63) is 34.9 Å². The predicted octanol–water partition coefficient (Wildman–Crippen LogP) is 3.05. The van der Waals surface area contributed by atoms with Gasteiger partial charge in [0.2, 0.25) is 0 Å². The first-order valence-corrected chi connectivity index (χ1v) is 3.65. The average molecular weight is 203 g/mol. The van der Waals surface area contributed by atoms with E-state index in [1.807, 2.05) is 0 Å². The lowest BCUT2D eigenvalue weighted by atomic mass is 10.1. The zero-order valence-corrected chi connectivity index (χ0v) is 6.90. The molecule has 0 saturated carbocycles. The van der Waals surface area contributed by atoms with E-state index in [0.29, 0.717) is 6.07 Å². The fourth-order valence-electron chi connectivity index (χ4n) is 0.990. The fraction of sp³-hybridized carbons (Fsp3) is 0.222. The van der Waals surface area contributed by atoms with Gasteiger partial charge in [0.05, 0.1) is 17.2 Å². The highest BCUT2D eigenvalue weighted by atomic mass is 19.4. The van der Waals surface area contributed by atoms with Gasteiger partial charge in [-0.1, -0.05) is 0 Å². The highest BCUT2D eigenvalue weighted by Gasteiger charge is 2.30. The quantitative estimate of drug-likeness (QED) is 0.643. The minimum absolute atomic E-state index is 0.0690. The van der Waals surface area contributed by atoms with E-state index in [2.05, 4.69) is 0 Å². The van der Waals surface area contributed by atoms with Crippen LogP contribution in [-0.4, -0.2) is 0 Å². The Hall–Kier alpha value is -1.57. The van der Waals surface area contributed by atoms with Gasteiger partial charge >= 0.3 is 6.18 Å². The van der Waals surface area contributed by atoms with Gasteiger partial charge < -0.3 is 0 Å². The third-order valence-electron chi connectivity index (χ3n) is 1.70. The standard InChI is InChI=1S/C9H5F4N/c10-4-7-3-8(9(11,12)13)2-1-6(7)5-14/h1-3H,4H2. The molecule has 0 bridgehead atoms. The average Bonchev–Trinajstić information content (AvgIpc) is 2.15. The Labute approximate surface area is 77.6 Å². The van der Waals surface area contributed by atoms with Crippen LogP contribution >= 0.6 is 0 Å². The van der Waals surface area contributed by atoms with Crippen molar-refractivity contribution < 1.29 is 17.6 Å². The molecule has 1 rings (SSSR count). The van der Waals surface area contributed by atoms with Gasteiger partial charge in [-0.3, -0.25) is 0 Å². The minimum Gasteiger partial charge on any atom is -0.246 e. The lowest BCUT2D eigenvalue weighted by molar-refractivity contribution is -0.137. The summed E-state index contributed by atoms with van der Waals surface area (Å²) in [6.07, 6.45) is -4.50. The number of rotatable bonds is 1. The molecule has 0 aliphatic heterocycles. The van der Waals surface area contributed by atoms with Crippen LogP contribution in [0.25, 0.3) is 0 Å². The zero-order valence-electron chi connectivity index (χ0n) is 6.90. The van der Waals surface area contributed by atoms with Gasteiger partial charge in [0.1, 0.15) is 6.67 Å². The molecule has 0 heterocycles. The van der Waals surface area contributed by atoms with E-state index in [1.165, 1.54) is 0 Å². The second kappa shape index (κ2) is 3.66. The van der Waals surface area contributed by atoms with Crippen LogP contribution in [0.5, 0.6) is 0 Å². The zero-order chi connectivity index (χ0) is 10.8. The molecule has 0 aliphatic rings. The molecule has 0 fully saturated rings. The van der Waals surface area contributed by atoms with Crippen molar-refractivity contribution in [3.8, 4) is 6.07 Å². The number of halogens is 4. The molecule has 0 aliphatic carbocycles. The maximum Gasteiger partial charge on any atom is 0.416 e. The molecular formula is C9H5F4N. The SMILES string of the molecule is N#Cc1ccc(C(F)(F)F)cc1CF. The van der Waals surface area contributed by atoms with E-state index >= 15 is 0 Å². The van der Waals surface area contributed by atoms with Gasteiger partial charge in [-0.05, 0) is 18.2 Å². The van der Waals surface area contributed by atoms with E-state index in [1.54, 1.807) is 6.07 Å². The number of hydrogen-bond acceptors (Lipinski definition) is 1. The van der Waals surface area contributed by atoms with E-state index in [9.17, 15) is 17.6 Å². The van der Waals surface area contributed by atoms with Gasteiger partial charge in [-0.25, -0.2) is 4.39 Å². The topological polar surface area (TPSA) is 23.8 Å². The predicted molar refractivity (Wildman–Crippen MR) is 41.0 cm³/mol. The lowest BCUT2D eigenvalue weighted by Gasteiger charge is -2.07. The molecule has 5 heteroatoms. The summed E-state index contributed by atoms with van der Waals surface area (Å²) in [5.41, 5.74) is -1.24. The smallest absolute Gasteiger partial charge is 0.246 e. The molecule has 1 nitrogen and oxygen atoms in total. The Bertz CT molecular complexity index is 375. The van der Waals surface area contributed by atoms with Gasteiger partial charge in [-0.2, -0.15) is 18.4 Å². The molecule has 0 radical (unpaired) electrons. The molecule has 0 atom stereocenters. The minimum atomic E-state index is -4.50. The number of benzene rings is 1. The first-order valence-electron chi connectivity index (χ1n) is 3.65. The fourth-order valence-corrected chi connectivity index (χ4v) is 0.990. The molecule has 1 aromatic rings. The lowest BCUT2D eigenvalue weighted by Crippen LogP contribution is -2.05. The van der Waals surface area contributed by atoms with Crippen LogP contribution in [0.3, 0.4) is 0 Å². The Kier molecular flexibility index (Phi) is 2.75. The van der Waals surface area contributed by atoms with Crippen molar-refractivity contribution in [1.29, 1.82) is 5.26 Å². The number of nitrogens with zero attached hydrogens (tertiary/aromatic N) is 1. The second-order valence-electron chi connectivity index (χ2n) is 2.62. The van der Waals surface area contributed by atoms with Crippen molar-refractivity contribution >= 4 is 0 Å². The summed E-state index contributed by atoms with van der Waals surface area (Å²) in [5, 5.41) is 8.45. The summed E-state index contributed by atoms with van der Waals surface area (Å²) in [6.45, 7) is -1.08. The number of hydrogen-bond donors (Lipinski definition) is 0. The van der Waals surface area contributed by atoms with Crippen molar-refractivity contribution in [2.45, 2.75) is 12.9 Å². The normalized spacial score (nSPS) is 11.1. The summed E-state index contributed by atoms with van der Waals surface area (Å²) in [4.78, 5) is 0. The van der Waals surface area contributed by atoms with Crippen LogP contribution in [-0.2, 0) is 12.9 Å². The third-order valence-corrected chi connectivity index (χ3v) is 1.70. The second-order valence-corrected chi connectivity index (χ2v) is 2.62. The first kappa shape index (κ1) is 10.5. The van der Waals surface area contributed by atoms with Crippen molar-refractivity contribution in [3.63, 3.8) is 0 Å². The highest BCUT2D eigenvalue weighted by molar-refractivity contribution is 5.40. The van der Waals surface area contributed by atoms with E-state index < -0.39 is 18.4 Å². The van der Waals surface area contributed by atoms with Gasteiger partial charge in [-0.15, -0.1) is 0 Å². The van der Waals surface area contributed by atoms with E-state index in [4.69, 9.17) is 5.26 Å². The summed E-state index contributed by atoms with van der Waals surface area (Å²) in [5.74, 6) is 0. The Morgan fingerprint density at radius 1 is 1.29 bits per heavy atom. The maximum atomic E-state index is 12.2. The third kappa shape index (κ3) is 2.02. The van der Waals surface area contributed by atoms with Crippen LogP contribution < -0.4 is 0 Å². The van der Waals surface area contributed by atoms with Crippen LogP contribution in [0.15, 0.2) is 18.2 Å². The van der Waals surface area contributed by atoms with Crippen molar-refractivity contribution in [2.24, 2.45) is 0 Å². The van der Waals surface area contributed by atoms with E-state index in [-0.39, 0.29) is 11.1 Å². The Morgan fingerprint density at radius 2 is 1.93 bits per heavy atom. The summed E-state index contributed by atoms with van der Waals surface area (Å²) in [6, 6.07) is 4.00. The van der Waals surface area contributed by atoms with Gasteiger partial charge in [0.15, 0.2) is 0 Å². The molecule has 0 saturated heterocycles. The summed E-state index contributed by atoms with van der Waals surface area (Å²) >= 11 is 0. The Balaban J connectivity index is 3.23. The van der Waals surface area contributed by atoms with Crippen molar-refractivity contribution in [2.75, 3.05) is 0 Å². The molecule has 0 unspecified atom stereocenters. The molecule has 0 amide bonds. The molecular weight excluding hydrogens is 198 g/mol. The Morgan fingerprint density at radius 3 is 2.36 bits per heavy atom. The van der Waals surface area contributed by atoms with Gasteiger partial charge in [0, 0.05) is 5.56 Å². The molecule has 1 aromatic carbocycles. The van der Waals surface area contributed by atoms with Crippen LogP contribution in [0.4, 0.5) is 17.6 Å². The van der Waals surface area contributed by atoms with E-state index in [0.717, 1.165) is 12.1 Å². The molecule has 14 heavy (non-hydrogen) atoms. The molecule has 0 spiro atoms. The maximum absolute atomic E-state index is 12.2. The largest absolute Gasteiger partial charge is 0.416 e. The molecule has 0 aromatic heterocycles. The molecule has 74 valence electrons. The number of nitriles is 1. The van der Waals surface area contributed by atoms with Crippen molar-refractivity contribution in [1.82, 2.24) is 0 Å². The van der Waals surface area contributed by atoms with Crippen LogP contribution in [0, 0.1) is 11.3 Å². The highest BCUT2D eigenvalue weighted by Crippen LogP contribution is 2.30. The van der Waals surface area contributed by atoms with Crippen LogP contribution in [0.1, 0.15) is 16.7 Å². The number of alkyl halides is 4. The summed E-state index contributed by atoms with van der Waals surface area (Å²) < 4.78 is 48.6. The summed E-state index contributed by atoms with van der Waals surface area (Å²) in [7, 11) is 0. The molecule has 0 N–H and O–H groups in total. The first-order chi connectivity index (χ1) is 6.49. The monoisotopic (exact) mass is 203 g/mol. The van der Waals surface area contributed by atoms with Gasteiger partial charge in [0.25, 0.3) is 0 Å². The van der Waals surface area contributed by atoms with Crippen LogP contribution in [0.2, 0.25) is 0 Å².